The fraction of sp³-hybridized carbons (Fsp3) is 0.875. The predicted molar refractivity (Wildman–Crippen MR) is 81.0 cm³/mol. The van der Waals surface area contributed by atoms with Gasteiger partial charge in [0.1, 0.15) is 17.2 Å². The smallest absolute Gasteiger partial charge is 0.411 e. The van der Waals surface area contributed by atoms with Crippen molar-refractivity contribution in [3.8, 4) is 0 Å². The minimum Gasteiger partial charge on any atom is -0.458 e. The maximum atomic E-state index is 12.6. The van der Waals surface area contributed by atoms with Crippen LogP contribution in [0.25, 0.3) is 0 Å². The third-order valence-corrected chi connectivity index (χ3v) is 2.67. The van der Waals surface area contributed by atoms with Crippen molar-refractivity contribution < 1.29 is 27.3 Å². The summed E-state index contributed by atoms with van der Waals surface area (Å²) in [7, 11) is 0. The lowest BCUT2D eigenvalue weighted by molar-refractivity contribution is -0.160. The van der Waals surface area contributed by atoms with E-state index in [1.165, 1.54) is 0 Å². The number of nitrogens with zero attached hydrogens (tertiary/aromatic N) is 1. The lowest BCUT2D eigenvalue weighted by Crippen LogP contribution is -2.45. The van der Waals surface area contributed by atoms with Gasteiger partial charge in [0.25, 0.3) is 0 Å². The van der Waals surface area contributed by atoms with Crippen LogP contribution in [-0.4, -0.2) is 40.8 Å². The minimum atomic E-state index is -2.92. The van der Waals surface area contributed by atoms with Crippen molar-refractivity contribution in [3.63, 3.8) is 0 Å². The highest BCUT2D eigenvalue weighted by atomic mass is 16.6. The summed E-state index contributed by atoms with van der Waals surface area (Å²) in [5.74, 6) is -0.858. The number of hydrogen-bond donors (Lipinski definition) is 0. The molecule has 0 aliphatic carbocycles. The summed E-state index contributed by atoms with van der Waals surface area (Å²) in [6, 6.07) is -1.36. The average Bonchev–Trinajstić information content (AvgIpc) is 2.75. The molecule has 1 aliphatic rings. The molecule has 1 saturated heterocycles. The van der Waals surface area contributed by atoms with Gasteiger partial charge in [0.2, 0.25) is 0 Å². The second-order valence-electron chi connectivity index (χ2n) is 7.44. The van der Waals surface area contributed by atoms with Crippen LogP contribution in [0.4, 0.5) is 4.79 Å². The van der Waals surface area contributed by atoms with Crippen LogP contribution in [0.1, 0.15) is 69.9 Å². The van der Waals surface area contributed by atoms with E-state index in [1.54, 1.807) is 41.5 Å². The van der Waals surface area contributed by atoms with E-state index in [2.05, 4.69) is 0 Å². The van der Waals surface area contributed by atoms with Gasteiger partial charge in [-0.15, -0.1) is 0 Å². The zero-order valence-corrected chi connectivity index (χ0v) is 13.6. The molecule has 0 saturated carbocycles. The van der Waals surface area contributed by atoms with Crippen LogP contribution in [0.15, 0.2) is 0 Å². The van der Waals surface area contributed by atoms with Gasteiger partial charge in [-0.2, -0.15) is 0 Å². The second kappa shape index (κ2) is 5.50. The van der Waals surface area contributed by atoms with Crippen molar-refractivity contribution >= 4 is 12.1 Å². The lowest BCUT2D eigenvalue weighted by atomic mass is 9.91. The third-order valence-electron chi connectivity index (χ3n) is 2.67. The maximum Gasteiger partial charge on any atom is 0.411 e. The number of carbonyl (C=O) groups excluding carboxylic acids is 2. The van der Waals surface area contributed by atoms with E-state index in [0.29, 0.717) is 0 Å². The highest BCUT2D eigenvalue weighted by Gasteiger charge is 2.46. The van der Waals surface area contributed by atoms with Gasteiger partial charge >= 0.3 is 12.1 Å². The summed E-state index contributed by atoms with van der Waals surface area (Å²) >= 11 is 0. The number of ether oxygens (including phenoxy) is 2. The third kappa shape index (κ3) is 5.56. The maximum absolute atomic E-state index is 12.6. The Kier molecular flexibility index (Phi) is 2.74. The second-order valence-corrected chi connectivity index (χ2v) is 7.44. The number of amides is 1. The number of hydrogen-bond acceptors (Lipinski definition) is 4. The topological polar surface area (TPSA) is 55.8 Å². The van der Waals surface area contributed by atoms with Crippen molar-refractivity contribution in [2.45, 2.75) is 78.9 Å². The SMILES string of the molecule is [2H]C([2H])([2H])C1(C([2H])([2H])[2H])CC(C(=O)OC(C)(C)C)N(C(=O)OC(C)(C)C)C1. The van der Waals surface area contributed by atoms with E-state index in [9.17, 15) is 9.59 Å². The number of esters is 1. The van der Waals surface area contributed by atoms with Gasteiger partial charge in [0, 0.05) is 14.8 Å². The molecule has 1 aliphatic heterocycles. The molecule has 0 radical (unpaired) electrons. The average molecular weight is 305 g/mol. The molecule has 5 nitrogen and oxygen atoms in total. The summed E-state index contributed by atoms with van der Waals surface area (Å²) in [5.41, 5.74) is -4.04. The Balaban J connectivity index is 3.38. The summed E-state index contributed by atoms with van der Waals surface area (Å²) in [6.45, 7) is 3.22. The Hall–Kier alpha value is -1.26. The standard InChI is InChI=1S/C16H29NO4/c1-14(2,3)20-12(18)11-9-16(7,8)10-17(11)13(19)21-15(4,5)6/h11H,9-10H2,1-8H3/i7D3,8D3. The Labute approximate surface area is 136 Å². The van der Waals surface area contributed by atoms with E-state index >= 15 is 0 Å². The molecule has 0 aromatic carbocycles. The van der Waals surface area contributed by atoms with Crippen molar-refractivity contribution in [1.82, 2.24) is 4.90 Å². The molecule has 21 heavy (non-hydrogen) atoms. The van der Waals surface area contributed by atoms with E-state index in [4.69, 9.17) is 17.7 Å². The first-order chi connectivity index (χ1) is 11.7. The number of carbonyl (C=O) groups is 2. The first kappa shape index (κ1) is 10.5. The summed E-state index contributed by atoms with van der Waals surface area (Å²) < 4.78 is 57.3. The van der Waals surface area contributed by atoms with E-state index in [-0.39, 0.29) is 0 Å². The fourth-order valence-corrected chi connectivity index (χ4v) is 2.00. The van der Waals surface area contributed by atoms with Crippen molar-refractivity contribution in [2.24, 2.45) is 5.41 Å². The van der Waals surface area contributed by atoms with Gasteiger partial charge in [-0.3, -0.25) is 4.90 Å². The fourth-order valence-electron chi connectivity index (χ4n) is 2.00. The molecular formula is C16H29NO4. The molecular weight excluding hydrogens is 270 g/mol. The first-order valence-corrected chi connectivity index (χ1v) is 6.93. The molecule has 0 aromatic heterocycles. The van der Waals surface area contributed by atoms with Gasteiger partial charge in [-0.25, -0.2) is 9.59 Å². The number of rotatable bonds is 1. The molecule has 1 rings (SSSR count). The first-order valence-electron chi connectivity index (χ1n) is 9.93. The minimum absolute atomic E-state index is 0.561. The predicted octanol–water partition coefficient (Wildman–Crippen LogP) is 3.36. The van der Waals surface area contributed by atoms with Gasteiger partial charge < -0.3 is 9.47 Å². The molecule has 122 valence electrons. The molecule has 5 heteroatoms. The van der Waals surface area contributed by atoms with Crippen LogP contribution >= 0.6 is 0 Å². The Morgan fingerprint density at radius 3 is 2.05 bits per heavy atom. The summed E-state index contributed by atoms with van der Waals surface area (Å²) in [5, 5.41) is 0. The molecule has 1 heterocycles. The Morgan fingerprint density at radius 2 is 1.62 bits per heavy atom. The van der Waals surface area contributed by atoms with Crippen LogP contribution in [0.5, 0.6) is 0 Å². The highest BCUT2D eigenvalue weighted by Crippen LogP contribution is 2.36. The molecule has 1 unspecified atom stereocenters. The molecule has 1 amide bonds. The van der Waals surface area contributed by atoms with Crippen molar-refractivity contribution in [2.75, 3.05) is 6.54 Å². The normalized spacial score (nSPS) is 27.5. The van der Waals surface area contributed by atoms with Crippen molar-refractivity contribution in [3.05, 3.63) is 0 Å². The molecule has 1 atom stereocenters. The van der Waals surface area contributed by atoms with Crippen LogP contribution in [0.2, 0.25) is 0 Å². The van der Waals surface area contributed by atoms with Crippen LogP contribution in [0, 0.1) is 5.41 Å². The Bertz CT molecular complexity index is 534. The van der Waals surface area contributed by atoms with Gasteiger partial charge in [0.15, 0.2) is 0 Å². The van der Waals surface area contributed by atoms with E-state index in [0.717, 1.165) is 4.90 Å². The van der Waals surface area contributed by atoms with Gasteiger partial charge in [0.05, 0.1) is 0 Å². The van der Waals surface area contributed by atoms with Crippen LogP contribution in [0.3, 0.4) is 0 Å². The number of likely N-dealkylation sites (tertiary alicyclic amines) is 1. The molecule has 0 N–H and O–H groups in total. The van der Waals surface area contributed by atoms with Gasteiger partial charge in [-0.1, -0.05) is 13.7 Å². The highest BCUT2D eigenvalue weighted by molar-refractivity contribution is 5.82. The largest absolute Gasteiger partial charge is 0.458 e. The molecule has 1 fully saturated rings. The van der Waals surface area contributed by atoms with Crippen LogP contribution < -0.4 is 0 Å². The molecule has 0 bridgehead atoms. The zero-order valence-electron chi connectivity index (χ0n) is 19.6. The molecule has 0 aromatic rings. The Morgan fingerprint density at radius 1 is 1.10 bits per heavy atom. The monoisotopic (exact) mass is 305 g/mol. The van der Waals surface area contributed by atoms with Crippen LogP contribution in [-0.2, 0) is 14.3 Å². The van der Waals surface area contributed by atoms with E-state index in [1.807, 2.05) is 0 Å². The summed E-state index contributed by atoms with van der Waals surface area (Å²) in [4.78, 5) is 26.1. The summed E-state index contributed by atoms with van der Waals surface area (Å²) in [6.07, 6.45) is -1.51. The van der Waals surface area contributed by atoms with Gasteiger partial charge in [-0.05, 0) is 53.4 Å². The quantitative estimate of drug-likeness (QED) is 0.697. The molecule has 0 spiro atoms. The van der Waals surface area contributed by atoms with Crippen molar-refractivity contribution in [1.29, 1.82) is 0 Å². The lowest BCUT2D eigenvalue weighted by Gasteiger charge is -2.29. The zero-order chi connectivity index (χ0) is 21.6. The van der Waals surface area contributed by atoms with E-state index < -0.39 is 61.4 Å².